The molecule has 0 bridgehead atoms. The summed E-state index contributed by atoms with van der Waals surface area (Å²) in [4.78, 5) is 12.2. The van der Waals surface area contributed by atoms with Gasteiger partial charge in [0.05, 0.1) is 7.11 Å². The molecule has 6 heteroatoms. The summed E-state index contributed by atoms with van der Waals surface area (Å²) < 4.78 is 11.1. The number of benzene rings is 3. The molecule has 0 amide bonds. The zero-order chi connectivity index (χ0) is 24.8. The number of nitrogens with zero attached hydrogens (tertiary/aromatic N) is 2. The Labute approximate surface area is 206 Å². The van der Waals surface area contributed by atoms with Gasteiger partial charge in [0.25, 0.3) is 0 Å². The summed E-state index contributed by atoms with van der Waals surface area (Å²) in [5.74, 6) is 0.864. The number of methoxy groups -OCH3 is 1. The van der Waals surface area contributed by atoms with Gasteiger partial charge >= 0.3 is 5.97 Å². The van der Waals surface area contributed by atoms with Crippen molar-refractivity contribution in [2.45, 2.75) is 39.8 Å². The lowest BCUT2D eigenvalue weighted by molar-refractivity contribution is -0.144. The first kappa shape index (κ1) is 24.4. The molecular formula is C29H31N3O3. The van der Waals surface area contributed by atoms with E-state index in [-0.39, 0.29) is 17.9 Å². The van der Waals surface area contributed by atoms with Crippen LogP contribution < -0.4 is 5.32 Å². The van der Waals surface area contributed by atoms with Crippen LogP contribution in [0, 0.1) is 12.8 Å². The van der Waals surface area contributed by atoms with Crippen LogP contribution in [-0.4, -0.2) is 29.3 Å². The van der Waals surface area contributed by atoms with Crippen LogP contribution in [0.3, 0.4) is 0 Å². The van der Waals surface area contributed by atoms with Crippen molar-refractivity contribution in [2.24, 2.45) is 5.92 Å². The maximum atomic E-state index is 12.2. The average Bonchev–Trinajstić information content (AvgIpc) is 3.39. The molecule has 1 N–H and O–H groups in total. The van der Waals surface area contributed by atoms with Crippen LogP contribution in [0.1, 0.15) is 31.4 Å². The Morgan fingerprint density at radius 3 is 2.37 bits per heavy atom. The van der Waals surface area contributed by atoms with Gasteiger partial charge in [0.15, 0.2) is 0 Å². The molecular weight excluding hydrogens is 438 g/mol. The van der Waals surface area contributed by atoms with Crippen LogP contribution in [0.5, 0.6) is 0 Å². The summed E-state index contributed by atoms with van der Waals surface area (Å²) in [5, 5.41) is 12.0. The molecule has 6 nitrogen and oxygen atoms in total. The monoisotopic (exact) mass is 469 g/mol. The maximum absolute atomic E-state index is 12.2. The van der Waals surface area contributed by atoms with E-state index in [0.717, 1.165) is 39.8 Å². The highest BCUT2D eigenvalue weighted by Gasteiger charge is 2.24. The smallest absolute Gasteiger partial charge is 0.323 e. The van der Waals surface area contributed by atoms with E-state index in [1.165, 1.54) is 7.11 Å². The molecule has 0 aliphatic carbocycles. The number of rotatable bonds is 9. The second-order valence-electron chi connectivity index (χ2n) is 8.72. The second kappa shape index (κ2) is 11.1. The minimum Gasteiger partial charge on any atom is -0.468 e. The largest absolute Gasteiger partial charge is 0.468 e. The third-order valence-electron chi connectivity index (χ3n) is 6.44. The molecule has 0 unspecified atom stereocenters. The summed E-state index contributed by atoms with van der Waals surface area (Å²) >= 11 is 0. The summed E-state index contributed by atoms with van der Waals surface area (Å²) in [6.07, 6.45) is 0.877. The van der Waals surface area contributed by atoms with E-state index in [0.29, 0.717) is 18.3 Å². The van der Waals surface area contributed by atoms with E-state index in [2.05, 4.69) is 47.6 Å². The van der Waals surface area contributed by atoms with E-state index in [9.17, 15) is 4.79 Å². The lowest BCUT2D eigenvalue weighted by Crippen LogP contribution is -2.42. The Morgan fingerprint density at radius 2 is 1.63 bits per heavy atom. The van der Waals surface area contributed by atoms with E-state index in [1.54, 1.807) is 0 Å². The number of nitrogens with one attached hydrogen (secondary N) is 1. The Balaban J connectivity index is 1.55. The molecule has 0 spiro atoms. The van der Waals surface area contributed by atoms with Crippen LogP contribution in [-0.2, 0) is 16.1 Å². The molecule has 180 valence electrons. The molecule has 0 fully saturated rings. The fourth-order valence-electron chi connectivity index (χ4n) is 4.17. The number of hydrogen-bond acceptors (Lipinski definition) is 6. The fourth-order valence-corrected chi connectivity index (χ4v) is 4.17. The van der Waals surface area contributed by atoms with Crippen molar-refractivity contribution in [3.63, 3.8) is 0 Å². The molecule has 4 aromatic rings. The SMILES string of the molecule is CC[C@H](C)[C@H](NCc1cccc(-c2nnc(-c3cccc(-c4ccccc4)c3C)o2)c1)C(=O)OC. The summed E-state index contributed by atoms with van der Waals surface area (Å²) in [7, 11) is 1.42. The van der Waals surface area contributed by atoms with Crippen molar-refractivity contribution in [3.8, 4) is 34.0 Å². The number of carbonyl (C=O) groups excluding carboxylic acids is 1. The molecule has 2 atom stereocenters. The van der Waals surface area contributed by atoms with Crippen molar-refractivity contribution < 1.29 is 13.9 Å². The van der Waals surface area contributed by atoms with Gasteiger partial charge in [0, 0.05) is 17.7 Å². The fraction of sp³-hybridized carbons (Fsp3) is 0.276. The molecule has 1 aromatic heterocycles. The van der Waals surface area contributed by atoms with Crippen molar-refractivity contribution in [1.29, 1.82) is 0 Å². The summed E-state index contributed by atoms with van der Waals surface area (Å²) in [5.41, 5.74) is 6.13. The molecule has 0 aliphatic heterocycles. The van der Waals surface area contributed by atoms with Crippen LogP contribution in [0.25, 0.3) is 34.0 Å². The predicted molar refractivity (Wildman–Crippen MR) is 137 cm³/mol. The first-order chi connectivity index (χ1) is 17.0. The Kier molecular flexibility index (Phi) is 7.73. The minimum atomic E-state index is -0.358. The van der Waals surface area contributed by atoms with Crippen molar-refractivity contribution in [3.05, 3.63) is 83.9 Å². The molecule has 0 saturated carbocycles. The zero-order valence-electron chi connectivity index (χ0n) is 20.6. The molecule has 3 aromatic carbocycles. The van der Waals surface area contributed by atoms with Gasteiger partial charge in [-0.2, -0.15) is 0 Å². The molecule has 4 rings (SSSR count). The van der Waals surface area contributed by atoms with Gasteiger partial charge in [-0.3, -0.25) is 4.79 Å². The first-order valence-corrected chi connectivity index (χ1v) is 11.9. The number of aromatic nitrogens is 2. The highest BCUT2D eigenvalue weighted by Crippen LogP contribution is 2.32. The molecule has 0 saturated heterocycles. The van der Waals surface area contributed by atoms with Crippen LogP contribution in [0.15, 0.2) is 77.2 Å². The van der Waals surface area contributed by atoms with E-state index in [4.69, 9.17) is 9.15 Å². The average molecular weight is 470 g/mol. The van der Waals surface area contributed by atoms with Crippen molar-refractivity contribution in [1.82, 2.24) is 15.5 Å². The minimum absolute atomic E-state index is 0.166. The van der Waals surface area contributed by atoms with Gasteiger partial charge in [0.2, 0.25) is 11.8 Å². The number of hydrogen-bond donors (Lipinski definition) is 1. The van der Waals surface area contributed by atoms with Crippen LogP contribution >= 0.6 is 0 Å². The molecule has 35 heavy (non-hydrogen) atoms. The maximum Gasteiger partial charge on any atom is 0.323 e. The highest BCUT2D eigenvalue weighted by molar-refractivity contribution is 5.76. The van der Waals surface area contributed by atoms with E-state index >= 15 is 0 Å². The zero-order valence-corrected chi connectivity index (χ0v) is 20.6. The van der Waals surface area contributed by atoms with Crippen molar-refractivity contribution >= 4 is 5.97 Å². The van der Waals surface area contributed by atoms with Gasteiger partial charge in [-0.15, -0.1) is 10.2 Å². The standard InChI is InChI=1S/C29H31N3O3/c1-5-19(2)26(29(33)34-4)30-18-21-11-9-14-23(17-21)27-31-32-28(35-27)25-16-10-15-24(20(25)3)22-12-7-6-8-13-22/h6-17,19,26,30H,5,18H2,1-4H3/t19-,26-/m0/s1. The number of ether oxygens (including phenoxy) is 1. The van der Waals surface area contributed by atoms with Crippen LogP contribution in [0.2, 0.25) is 0 Å². The van der Waals surface area contributed by atoms with Gasteiger partial charge in [-0.1, -0.05) is 74.9 Å². The summed E-state index contributed by atoms with van der Waals surface area (Å²) in [6.45, 7) is 6.70. The topological polar surface area (TPSA) is 77.3 Å². The van der Waals surface area contributed by atoms with E-state index < -0.39 is 0 Å². The van der Waals surface area contributed by atoms with Crippen LogP contribution in [0.4, 0.5) is 0 Å². The van der Waals surface area contributed by atoms with Gasteiger partial charge in [0.1, 0.15) is 6.04 Å². The first-order valence-electron chi connectivity index (χ1n) is 11.9. The van der Waals surface area contributed by atoms with Gasteiger partial charge in [-0.25, -0.2) is 0 Å². The van der Waals surface area contributed by atoms with Gasteiger partial charge < -0.3 is 14.5 Å². The van der Waals surface area contributed by atoms with E-state index in [1.807, 2.05) is 61.5 Å². The van der Waals surface area contributed by atoms with Gasteiger partial charge in [-0.05, 0) is 53.3 Å². The number of carbonyl (C=O) groups is 1. The normalized spacial score (nSPS) is 12.8. The molecule has 1 heterocycles. The molecule has 0 radical (unpaired) electrons. The Bertz CT molecular complexity index is 1280. The lowest BCUT2D eigenvalue weighted by Gasteiger charge is -2.22. The number of esters is 1. The highest BCUT2D eigenvalue weighted by atomic mass is 16.5. The summed E-state index contributed by atoms with van der Waals surface area (Å²) in [6, 6.07) is 23.9. The third-order valence-corrected chi connectivity index (χ3v) is 6.44. The second-order valence-corrected chi connectivity index (χ2v) is 8.72. The van der Waals surface area contributed by atoms with Crippen molar-refractivity contribution in [2.75, 3.05) is 7.11 Å². The Morgan fingerprint density at radius 1 is 0.943 bits per heavy atom. The predicted octanol–water partition coefficient (Wildman–Crippen LogP) is 6.06. The molecule has 0 aliphatic rings. The quantitative estimate of drug-likeness (QED) is 0.300. The Hall–Kier alpha value is -3.77. The third kappa shape index (κ3) is 5.49. The lowest BCUT2D eigenvalue weighted by atomic mass is 9.96.